The minimum atomic E-state index is -0.636. The van der Waals surface area contributed by atoms with Crippen LogP contribution in [-0.4, -0.2) is 47.8 Å². The second-order valence-electron chi connectivity index (χ2n) is 7.95. The maximum Gasteiger partial charge on any atom is 0.246 e. The minimum absolute atomic E-state index is 0.0558. The molecule has 7 nitrogen and oxygen atoms in total. The van der Waals surface area contributed by atoms with Crippen molar-refractivity contribution < 1.29 is 14.4 Å². The van der Waals surface area contributed by atoms with E-state index in [4.69, 9.17) is 5.73 Å². The van der Waals surface area contributed by atoms with E-state index in [1.165, 1.54) is 0 Å². The fraction of sp³-hybridized carbons (Fsp3) is 0.571. The Morgan fingerprint density at radius 1 is 1.07 bits per heavy atom. The summed E-state index contributed by atoms with van der Waals surface area (Å²) in [6.07, 6.45) is 1.16. The summed E-state index contributed by atoms with van der Waals surface area (Å²) < 4.78 is 0. The fourth-order valence-electron chi connectivity index (χ4n) is 3.14. The standard InChI is InChI=1S/C21H32N4O3/c1-13(2)18(22)21(28)25-11-9-16(10-12-25)20(27)23-15(4)19(26)24-17-7-5-14(3)6-8-17/h5-8,13,15-16,18H,9-12,22H2,1-4H3,(H,23,27)(H,24,26)/t15-,18-/m0/s1. The lowest BCUT2D eigenvalue weighted by molar-refractivity contribution is -0.137. The minimum Gasteiger partial charge on any atom is -0.344 e. The highest BCUT2D eigenvalue weighted by molar-refractivity contribution is 5.97. The number of rotatable bonds is 6. The van der Waals surface area contributed by atoms with Gasteiger partial charge in [0, 0.05) is 24.7 Å². The summed E-state index contributed by atoms with van der Waals surface area (Å²) in [6.45, 7) is 8.52. The smallest absolute Gasteiger partial charge is 0.246 e. The van der Waals surface area contributed by atoms with Gasteiger partial charge in [0.25, 0.3) is 0 Å². The quantitative estimate of drug-likeness (QED) is 0.689. The van der Waals surface area contributed by atoms with Crippen molar-refractivity contribution >= 4 is 23.4 Å². The summed E-state index contributed by atoms with van der Waals surface area (Å²) in [5, 5.41) is 5.59. The highest BCUT2D eigenvalue weighted by Gasteiger charge is 2.31. The Labute approximate surface area is 167 Å². The second-order valence-corrected chi connectivity index (χ2v) is 7.95. The van der Waals surface area contributed by atoms with Gasteiger partial charge >= 0.3 is 0 Å². The van der Waals surface area contributed by atoms with Crippen LogP contribution in [0.1, 0.15) is 39.2 Å². The Morgan fingerprint density at radius 2 is 1.64 bits per heavy atom. The molecular formula is C21H32N4O3. The molecule has 1 aromatic rings. The van der Waals surface area contributed by atoms with Crippen LogP contribution in [0.3, 0.4) is 0 Å². The van der Waals surface area contributed by atoms with E-state index >= 15 is 0 Å². The van der Waals surface area contributed by atoms with Crippen molar-refractivity contribution in [3.63, 3.8) is 0 Å². The van der Waals surface area contributed by atoms with Crippen LogP contribution in [-0.2, 0) is 14.4 Å². The molecule has 0 aromatic heterocycles. The number of aryl methyl sites for hydroxylation is 1. The van der Waals surface area contributed by atoms with E-state index in [0.717, 1.165) is 5.56 Å². The number of nitrogens with one attached hydrogen (secondary N) is 2. The maximum atomic E-state index is 12.5. The van der Waals surface area contributed by atoms with E-state index in [9.17, 15) is 14.4 Å². The summed E-state index contributed by atoms with van der Waals surface area (Å²) in [7, 11) is 0. The molecule has 0 bridgehead atoms. The summed E-state index contributed by atoms with van der Waals surface area (Å²) >= 11 is 0. The Hall–Kier alpha value is -2.41. The first-order valence-corrected chi connectivity index (χ1v) is 9.91. The van der Waals surface area contributed by atoms with Gasteiger partial charge < -0.3 is 21.3 Å². The first kappa shape index (κ1) is 21.9. The normalized spacial score (nSPS) is 17.1. The zero-order valence-corrected chi connectivity index (χ0v) is 17.2. The average Bonchev–Trinajstić information content (AvgIpc) is 2.68. The van der Waals surface area contributed by atoms with Gasteiger partial charge in [0.15, 0.2) is 0 Å². The lowest BCUT2D eigenvalue weighted by Crippen LogP contribution is -2.51. The summed E-state index contributed by atoms with van der Waals surface area (Å²) in [6, 6.07) is 6.35. The van der Waals surface area contributed by atoms with Crippen molar-refractivity contribution in [3.05, 3.63) is 29.8 Å². The molecule has 0 aliphatic carbocycles. The van der Waals surface area contributed by atoms with Crippen LogP contribution in [0.5, 0.6) is 0 Å². The average molecular weight is 389 g/mol. The van der Waals surface area contributed by atoms with Gasteiger partial charge in [-0.25, -0.2) is 0 Å². The van der Waals surface area contributed by atoms with Crippen molar-refractivity contribution in [2.45, 2.75) is 52.6 Å². The number of anilines is 1. The van der Waals surface area contributed by atoms with E-state index in [-0.39, 0.29) is 29.6 Å². The lowest BCUT2D eigenvalue weighted by atomic mass is 9.94. The Morgan fingerprint density at radius 3 is 2.18 bits per heavy atom. The van der Waals surface area contributed by atoms with E-state index < -0.39 is 12.1 Å². The van der Waals surface area contributed by atoms with Gasteiger partial charge in [-0.2, -0.15) is 0 Å². The highest BCUT2D eigenvalue weighted by Crippen LogP contribution is 2.19. The Kier molecular flexibility index (Phi) is 7.57. The van der Waals surface area contributed by atoms with Crippen molar-refractivity contribution in [2.75, 3.05) is 18.4 Å². The molecule has 0 unspecified atom stereocenters. The number of nitrogens with zero attached hydrogens (tertiary/aromatic N) is 1. The van der Waals surface area contributed by atoms with Crippen LogP contribution in [0.15, 0.2) is 24.3 Å². The third-order valence-corrected chi connectivity index (χ3v) is 5.25. The zero-order valence-electron chi connectivity index (χ0n) is 17.2. The van der Waals surface area contributed by atoms with Crippen molar-refractivity contribution in [1.29, 1.82) is 0 Å². The number of likely N-dealkylation sites (tertiary alicyclic amines) is 1. The number of nitrogens with two attached hydrogens (primary N) is 1. The predicted octanol–water partition coefficient (Wildman–Crippen LogP) is 1.66. The molecule has 1 aliphatic rings. The van der Waals surface area contributed by atoms with Crippen LogP contribution >= 0.6 is 0 Å². The number of hydrogen-bond donors (Lipinski definition) is 3. The number of carbonyl (C=O) groups is 3. The predicted molar refractivity (Wildman–Crippen MR) is 110 cm³/mol. The number of piperidine rings is 1. The summed E-state index contributed by atoms with van der Waals surface area (Å²) in [4.78, 5) is 38.9. The maximum absolute atomic E-state index is 12.5. The molecule has 2 rings (SSSR count). The van der Waals surface area contributed by atoms with Gasteiger partial charge in [-0.05, 0) is 44.7 Å². The first-order chi connectivity index (χ1) is 13.2. The molecule has 0 radical (unpaired) electrons. The molecule has 2 atom stereocenters. The lowest BCUT2D eigenvalue weighted by Gasteiger charge is -2.34. The zero-order chi connectivity index (χ0) is 20.8. The fourth-order valence-corrected chi connectivity index (χ4v) is 3.14. The number of hydrogen-bond acceptors (Lipinski definition) is 4. The molecular weight excluding hydrogens is 356 g/mol. The molecule has 28 heavy (non-hydrogen) atoms. The van der Waals surface area contributed by atoms with Gasteiger partial charge in [-0.1, -0.05) is 31.5 Å². The highest BCUT2D eigenvalue weighted by atomic mass is 16.2. The number of amides is 3. The van der Waals surface area contributed by atoms with Gasteiger partial charge in [-0.15, -0.1) is 0 Å². The summed E-state index contributed by atoms with van der Waals surface area (Å²) in [5.74, 6) is -0.574. The Balaban J connectivity index is 1.80. The van der Waals surface area contributed by atoms with Crippen molar-refractivity contribution in [3.8, 4) is 0 Å². The molecule has 1 aromatic carbocycles. The van der Waals surface area contributed by atoms with E-state index in [1.807, 2.05) is 45.0 Å². The molecule has 1 aliphatic heterocycles. The summed E-state index contributed by atoms with van der Waals surface area (Å²) in [5.41, 5.74) is 7.75. The van der Waals surface area contributed by atoms with Gasteiger partial charge in [0.1, 0.15) is 6.04 Å². The van der Waals surface area contributed by atoms with Gasteiger partial charge in [0.2, 0.25) is 17.7 Å². The SMILES string of the molecule is Cc1ccc(NC(=O)[C@H](C)NC(=O)C2CCN(C(=O)[C@@H](N)C(C)C)CC2)cc1. The van der Waals surface area contributed by atoms with Crippen LogP contribution in [0.2, 0.25) is 0 Å². The topological polar surface area (TPSA) is 105 Å². The monoisotopic (exact) mass is 388 g/mol. The van der Waals surface area contributed by atoms with Gasteiger partial charge in [0.05, 0.1) is 6.04 Å². The van der Waals surface area contributed by atoms with Gasteiger partial charge in [-0.3, -0.25) is 14.4 Å². The van der Waals surface area contributed by atoms with E-state index in [0.29, 0.717) is 31.6 Å². The van der Waals surface area contributed by atoms with Crippen LogP contribution in [0.25, 0.3) is 0 Å². The molecule has 1 fully saturated rings. The van der Waals surface area contributed by atoms with E-state index in [1.54, 1.807) is 11.8 Å². The largest absolute Gasteiger partial charge is 0.344 e. The molecule has 7 heteroatoms. The molecule has 3 amide bonds. The third-order valence-electron chi connectivity index (χ3n) is 5.25. The molecule has 0 saturated carbocycles. The first-order valence-electron chi connectivity index (χ1n) is 9.91. The van der Waals surface area contributed by atoms with Crippen LogP contribution in [0.4, 0.5) is 5.69 Å². The van der Waals surface area contributed by atoms with Crippen LogP contribution < -0.4 is 16.4 Å². The molecule has 4 N–H and O–H groups in total. The number of benzene rings is 1. The molecule has 0 spiro atoms. The molecule has 1 saturated heterocycles. The second kappa shape index (κ2) is 9.68. The third kappa shape index (κ3) is 5.79. The van der Waals surface area contributed by atoms with Crippen molar-refractivity contribution in [2.24, 2.45) is 17.6 Å². The number of carbonyl (C=O) groups excluding carboxylic acids is 3. The Bertz CT molecular complexity index is 694. The van der Waals surface area contributed by atoms with E-state index in [2.05, 4.69) is 10.6 Å². The van der Waals surface area contributed by atoms with Crippen molar-refractivity contribution in [1.82, 2.24) is 10.2 Å². The van der Waals surface area contributed by atoms with Crippen LogP contribution in [0, 0.1) is 18.8 Å². The molecule has 1 heterocycles. The molecule has 154 valence electrons.